The zero-order chi connectivity index (χ0) is 14.2. The molecule has 0 aliphatic rings. The molecule has 16 heavy (non-hydrogen) atoms. The molecule has 0 radical (unpaired) electrons. The number of rotatable bonds is 1. The molecular weight excluding hydrogens is 198 g/mol. The molecular formula is C14H31NO. The predicted octanol–water partition coefficient (Wildman–Crippen LogP) is 4.57. The van der Waals surface area contributed by atoms with E-state index in [-0.39, 0.29) is 0 Å². The highest BCUT2D eigenvalue weighted by atomic mass is 16.5. The number of nitrogens with zero attached hydrogens (tertiary/aromatic N) is 1. The molecule has 98 valence electrons. The van der Waals surface area contributed by atoms with E-state index in [9.17, 15) is 0 Å². The van der Waals surface area contributed by atoms with Crippen LogP contribution in [0, 0.1) is 12.5 Å². The second-order valence-corrected chi connectivity index (χ2v) is 1.77. The van der Waals surface area contributed by atoms with Crippen LogP contribution in [0.15, 0.2) is 18.2 Å². The zero-order valence-corrected chi connectivity index (χ0v) is 12.3. The summed E-state index contributed by atoms with van der Waals surface area (Å²) < 4.78 is 4.36. The largest absolute Gasteiger partial charge is 0.447 e. The summed E-state index contributed by atoms with van der Waals surface area (Å²) in [6, 6.07) is 0. The van der Waals surface area contributed by atoms with Crippen LogP contribution in [0.25, 0.3) is 0 Å². The van der Waals surface area contributed by atoms with Gasteiger partial charge in [-0.3, -0.25) is 0 Å². The van der Waals surface area contributed by atoms with Crippen molar-refractivity contribution in [2.45, 2.75) is 48.0 Å². The van der Waals surface area contributed by atoms with E-state index in [0.717, 1.165) is 0 Å². The van der Waals surface area contributed by atoms with Crippen LogP contribution in [0.2, 0.25) is 0 Å². The summed E-state index contributed by atoms with van der Waals surface area (Å²) in [4.78, 5) is 3.61. The van der Waals surface area contributed by atoms with Crippen molar-refractivity contribution in [2.75, 3.05) is 13.7 Å². The second kappa shape index (κ2) is 98.7. The highest BCUT2D eigenvalue weighted by molar-refractivity contribution is 5.52. The molecule has 2 heteroatoms. The topological polar surface area (TPSA) is 21.6 Å². The van der Waals surface area contributed by atoms with E-state index in [2.05, 4.69) is 43.2 Å². The molecule has 0 atom stereocenters. The van der Waals surface area contributed by atoms with Crippen LogP contribution < -0.4 is 0 Å². The monoisotopic (exact) mass is 229 g/mol. The number of hydrogen-bond donors (Lipinski definition) is 0. The van der Waals surface area contributed by atoms with Crippen LogP contribution in [-0.4, -0.2) is 19.9 Å². The van der Waals surface area contributed by atoms with Gasteiger partial charge in [0.1, 0.15) is 6.11 Å². The van der Waals surface area contributed by atoms with Crippen LogP contribution in [0.5, 0.6) is 0 Å². The van der Waals surface area contributed by atoms with Crippen LogP contribution in [-0.2, 0) is 4.74 Å². The first kappa shape index (κ1) is 29.3. The molecule has 0 rings (SSSR count). The molecule has 0 saturated heterocycles. The molecule has 0 aromatic heterocycles. The Morgan fingerprint density at radius 2 is 1.50 bits per heavy atom. The Morgan fingerprint density at radius 3 is 1.50 bits per heavy atom. The van der Waals surface area contributed by atoms with Crippen molar-refractivity contribution in [3.05, 3.63) is 13.2 Å². The van der Waals surface area contributed by atoms with Gasteiger partial charge in [-0.05, 0) is 20.1 Å². The normalized spacial score (nSPS) is 5.88. The molecule has 0 aliphatic carbocycles. The molecule has 0 saturated carbocycles. The molecule has 0 aromatic carbocycles. The molecule has 2 nitrogen and oxygen atoms in total. The zero-order valence-electron chi connectivity index (χ0n) is 12.3. The summed E-state index contributed by atoms with van der Waals surface area (Å²) in [7, 11) is 1.75. The summed E-state index contributed by atoms with van der Waals surface area (Å²) in [5.74, 6) is 0. The quantitative estimate of drug-likeness (QED) is 0.367. The van der Waals surface area contributed by atoms with E-state index in [4.69, 9.17) is 0 Å². The Balaban J connectivity index is -0.0000000334. The van der Waals surface area contributed by atoms with Crippen molar-refractivity contribution >= 4 is 6.21 Å². The lowest BCUT2D eigenvalue weighted by Gasteiger charge is -1.79. The molecule has 0 bridgehead atoms. The third kappa shape index (κ3) is 565. The van der Waals surface area contributed by atoms with E-state index < -0.39 is 0 Å². The third-order valence-electron chi connectivity index (χ3n) is 0.486. The standard InChI is InChI=1S/C4H6O.C3H7N.C3H8.C2H6.C2H4/c1-3-5-4-2;1-3-4-2;1-3-2;2*1-2/h1H,4H2,2H3;3H,1-2H3;3H2,1-2H3;1-2H3;1-2H2. The molecule has 0 amide bonds. The summed E-state index contributed by atoms with van der Waals surface area (Å²) >= 11 is 0. The Morgan fingerprint density at radius 1 is 1.25 bits per heavy atom. The van der Waals surface area contributed by atoms with E-state index in [0.29, 0.717) is 6.61 Å². The summed E-state index contributed by atoms with van der Waals surface area (Å²) in [5.41, 5.74) is 0. The lowest BCUT2D eigenvalue weighted by molar-refractivity contribution is 0.300. The number of terminal acetylenes is 1. The average Bonchev–Trinajstić information content (AvgIpc) is 2.36. The van der Waals surface area contributed by atoms with Gasteiger partial charge in [0.25, 0.3) is 0 Å². The van der Waals surface area contributed by atoms with E-state index >= 15 is 0 Å². The van der Waals surface area contributed by atoms with Gasteiger partial charge in [-0.15, -0.1) is 13.2 Å². The highest BCUT2D eigenvalue weighted by Gasteiger charge is 1.56. The molecule has 0 heterocycles. The van der Waals surface area contributed by atoms with Crippen molar-refractivity contribution in [2.24, 2.45) is 4.99 Å². The molecule has 0 unspecified atom stereocenters. The number of ether oxygens (including phenoxy) is 1. The second-order valence-electron chi connectivity index (χ2n) is 1.77. The summed E-state index contributed by atoms with van der Waals surface area (Å²) in [6.07, 6.45) is 9.68. The molecule has 0 fully saturated rings. The SMILES string of the molecule is C#COCC.C=C.CC.CC=NC.CCC. The van der Waals surface area contributed by atoms with Gasteiger partial charge in [-0.1, -0.05) is 40.5 Å². The summed E-state index contributed by atoms with van der Waals surface area (Å²) in [5, 5.41) is 0. The third-order valence-corrected chi connectivity index (χ3v) is 0.486. The fraction of sp³-hybridized carbons (Fsp3) is 0.643. The van der Waals surface area contributed by atoms with Gasteiger partial charge in [-0.25, -0.2) is 0 Å². The maximum Gasteiger partial charge on any atom is 0.106 e. The fourth-order valence-corrected chi connectivity index (χ4v) is 0.0833. The maximum atomic E-state index is 4.67. The first-order valence-corrected chi connectivity index (χ1v) is 5.69. The molecule has 0 aromatic rings. The van der Waals surface area contributed by atoms with E-state index in [1.165, 1.54) is 6.42 Å². The predicted molar refractivity (Wildman–Crippen MR) is 79.1 cm³/mol. The number of hydrogen-bond acceptors (Lipinski definition) is 2. The van der Waals surface area contributed by atoms with Gasteiger partial charge in [0.15, 0.2) is 0 Å². The maximum absolute atomic E-state index is 4.67. The van der Waals surface area contributed by atoms with Gasteiger partial charge in [0.2, 0.25) is 0 Å². The first-order valence-electron chi connectivity index (χ1n) is 5.69. The van der Waals surface area contributed by atoms with Crippen molar-refractivity contribution in [1.82, 2.24) is 0 Å². The van der Waals surface area contributed by atoms with Crippen LogP contribution in [0.3, 0.4) is 0 Å². The average molecular weight is 229 g/mol. The fourth-order valence-electron chi connectivity index (χ4n) is 0.0833. The van der Waals surface area contributed by atoms with Gasteiger partial charge >= 0.3 is 0 Å². The van der Waals surface area contributed by atoms with Gasteiger partial charge in [0.05, 0.1) is 6.61 Å². The van der Waals surface area contributed by atoms with Crippen molar-refractivity contribution in [3.63, 3.8) is 0 Å². The van der Waals surface area contributed by atoms with Gasteiger partial charge in [0, 0.05) is 7.05 Å². The number of aliphatic imine (C=N–C) groups is 1. The van der Waals surface area contributed by atoms with E-state index in [1.54, 1.807) is 13.3 Å². The van der Waals surface area contributed by atoms with Crippen molar-refractivity contribution in [3.8, 4) is 12.5 Å². The van der Waals surface area contributed by atoms with Gasteiger partial charge in [-0.2, -0.15) is 0 Å². The Bertz CT molecular complexity index is 110. The van der Waals surface area contributed by atoms with Crippen molar-refractivity contribution in [1.29, 1.82) is 0 Å². The lowest BCUT2D eigenvalue weighted by atomic mass is 10.6. The molecule has 0 spiro atoms. The minimum Gasteiger partial charge on any atom is -0.447 e. The van der Waals surface area contributed by atoms with Crippen LogP contribution in [0.1, 0.15) is 48.0 Å². The van der Waals surface area contributed by atoms with Gasteiger partial charge < -0.3 is 9.73 Å². The minimum absolute atomic E-state index is 0.608. The van der Waals surface area contributed by atoms with Crippen molar-refractivity contribution < 1.29 is 4.74 Å². The Labute approximate surface area is 104 Å². The Hall–Kier alpha value is -1.23. The van der Waals surface area contributed by atoms with E-state index in [1.807, 2.05) is 33.8 Å². The first-order chi connectivity index (χ1) is 7.74. The summed E-state index contributed by atoms with van der Waals surface area (Å²) in [6.45, 7) is 18.6. The highest BCUT2D eigenvalue weighted by Crippen LogP contribution is 1.58. The molecule has 0 N–H and O–H groups in total. The van der Waals surface area contributed by atoms with Crippen LogP contribution >= 0.6 is 0 Å². The van der Waals surface area contributed by atoms with Crippen LogP contribution in [0.4, 0.5) is 0 Å². The molecule has 0 aliphatic heterocycles. The smallest absolute Gasteiger partial charge is 0.106 e. The Kier molecular flexibility index (Phi) is 181. The lowest BCUT2D eigenvalue weighted by Crippen LogP contribution is -1.73. The minimum atomic E-state index is 0.608.